The van der Waals surface area contributed by atoms with E-state index in [2.05, 4.69) is 25.7 Å². The Labute approximate surface area is 157 Å². The van der Waals surface area contributed by atoms with Gasteiger partial charge in [0.05, 0.1) is 18.2 Å². The van der Waals surface area contributed by atoms with Crippen LogP contribution in [0.3, 0.4) is 0 Å². The lowest BCUT2D eigenvalue weighted by Gasteiger charge is -2.05. The third-order valence-corrected chi connectivity index (χ3v) is 3.62. The van der Waals surface area contributed by atoms with E-state index in [0.717, 1.165) is 6.07 Å². The van der Waals surface area contributed by atoms with E-state index < -0.39 is 21.9 Å². The highest BCUT2D eigenvalue weighted by molar-refractivity contribution is 5.83. The van der Waals surface area contributed by atoms with Gasteiger partial charge in [0.25, 0.3) is 5.56 Å². The Kier molecular flexibility index (Phi) is 5.25. The molecule has 3 rings (SSSR count). The van der Waals surface area contributed by atoms with E-state index in [9.17, 15) is 20.0 Å². The molecular formula is C17H14N6O5. The maximum atomic E-state index is 12.1. The summed E-state index contributed by atoms with van der Waals surface area (Å²) in [5.41, 5.74) is 2.56. The van der Waals surface area contributed by atoms with Gasteiger partial charge in [0.2, 0.25) is 11.7 Å². The average Bonchev–Trinajstić information content (AvgIpc) is 2.69. The van der Waals surface area contributed by atoms with Crippen LogP contribution < -0.4 is 15.7 Å². The molecule has 11 heteroatoms. The second kappa shape index (κ2) is 7.95. The zero-order chi connectivity index (χ0) is 20.1. The minimum absolute atomic E-state index is 0.0128. The number of ether oxygens (including phenoxy) is 1. The van der Waals surface area contributed by atoms with Crippen molar-refractivity contribution in [3.8, 4) is 22.8 Å². The second-order valence-electron chi connectivity index (χ2n) is 5.44. The fourth-order valence-electron chi connectivity index (χ4n) is 2.32. The van der Waals surface area contributed by atoms with Crippen molar-refractivity contribution >= 4 is 17.9 Å². The normalized spacial score (nSPS) is 10.8. The van der Waals surface area contributed by atoms with Gasteiger partial charge in [-0.05, 0) is 6.07 Å². The fraction of sp³-hybridized carbons (Fsp3) is 0.0588. The van der Waals surface area contributed by atoms with E-state index in [-0.39, 0.29) is 23.0 Å². The molecule has 0 aliphatic carbocycles. The first-order chi connectivity index (χ1) is 13.5. The van der Waals surface area contributed by atoms with Gasteiger partial charge in [-0.25, -0.2) is 5.43 Å². The first kappa shape index (κ1) is 18.5. The quantitative estimate of drug-likeness (QED) is 0.331. The lowest BCUT2D eigenvalue weighted by molar-refractivity contribution is -0.386. The van der Waals surface area contributed by atoms with E-state index in [1.165, 1.54) is 19.4 Å². The van der Waals surface area contributed by atoms with Crippen molar-refractivity contribution in [1.82, 2.24) is 15.2 Å². The van der Waals surface area contributed by atoms with Crippen molar-refractivity contribution in [2.75, 3.05) is 12.5 Å². The predicted octanol–water partition coefficient (Wildman–Crippen LogP) is 1.90. The SMILES string of the molecule is COc1cc(/C=N\Nc2nnc(-c3ccccc3)c(=O)[nH]2)cc([N+](=O)[O-])c1O. The van der Waals surface area contributed by atoms with Gasteiger partial charge in [0.1, 0.15) is 0 Å². The van der Waals surface area contributed by atoms with Crippen LogP contribution in [0.4, 0.5) is 11.6 Å². The second-order valence-corrected chi connectivity index (χ2v) is 5.44. The number of nitro groups is 1. The molecule has 0 fully saturated rings. The van der Waals surface area contributed by atoms with Crippen LogP contribution in [0.15, 0.2) is 52.4 Å². The number of hydrogen-bond acceptors (Lipinski definition) is 9. The maximum absolute atomic E-state index is 12.1. The first-order valence-corrected chi connectivity index (χ1v) is 7.86. The number of phenols is 1. The van der Waals surface area contributed by atoms with Gasteiger partial charge in [0.15, 0.2) is 11.4 Å². The van der Waals surface area contributed by atoms with Crippen LogP contribution in [0.25, 0.3) is 11.3 Å². The van der Waals surface area contributed by atoms with Gasteiger partial charge in [-0.3, -0.25) is 19.9 Å². The number of H-pyrrole nitrogens is 1. The van der Waals surface area contributed by atoms with Crippen LogP contribution in [0.2, 0.25) is 0 Å². The number of aromatic nitrogens is 3. The van der Waals surface area contributed by atoms with Crippen LogP contribution >= 0.6 is 0 Å². The van der Waals surface area contributed by atoms with Crippen molar-refractivity contribution in [3.05, 3.63) is 68.5 Å². The summed E-state index contributed by atoms with van der Waals surface area (Å²) in [6.07, 6.45) is 1.24. The summed E-state index contributed by atoms with van der Waals surface area (Å²) in [5, 5.41) is 32.3. The number of nitrogens with zero attached hydrogens (tertiary/aromatic N) is 4. The summed E-state index contributed by atoms with van der Waals surface area (Å²) in [7, 11) is 1.27. The molecule has 0 aliphatic rings. The van der Waals surface area contributed by atoms with Crippen LogP contribution in [-0.2, 0) is 0 Å². The standard InChI is InChI=1S/C17H14N6O5/c1-28-13-8-10(7-12(15(13)24)23(26)27)9-18-21-17-19-16(25)14(20-22-17)11-5-3-2-4-6-11/h2-9,24H,1H3,(H2,19,21,22,25)/b18-9-. The summed E-state index contributed by atoms with van der Waals surface area (Å²) < 4.78 is 4.91. The third-order valence-electron chi connectivity index (χ3n) is 3.62. The molecule has 0 aliphatic heterocycles. The highest BCUT2D eigenvalue weighted by Gasteiger charge is 2.19. The van der Waals surface area contributed by atoms with Crippen molar-refractivity contribution in [2.24, 2.45) is 5.10 Å². The zero-order valence-corrected chi connectivity index (χ0v) is 14.5. The number of nitro benzene ring substituents is 1. The number of methoxy groups -OCH3 is 1. The predicted molar refractivity (Wildman–Crippen MR) is 101 cm³/mol. The van der Waals surface area contributed by atoms with Crippen LogP contribution in [0.5, 0.6) is 11.5 Å². The van der Waals surface area contributed by atoms with E-state index in [4.69, 9.17) is 4.74 Å². The Morgan fingerprint density at radius 1 is 1.29 bits per heavy atom. The summed E-state index contributed by atoms with van der Waals surface area (Å²) in [4.78, 5) is 24.9. The zero-order valence-electron chi connectivity index (χ0n) is 14.5. The molecule has 0 saturated heterocycles. The van der Waals surface area contributed by atoms with Crippen molar-refractivity contribution < 1.29 is 14.8 Å². The van der Waals surface area contributed by atoms with Crippen molar-refractivity contribution in [1.29, 1.82) is 0 Å². The molecule has 2 aromatic carbocycles. The Morgan fingerprint density at radius 3 is 2.68 bits per heavy atom. The van der Waals surface area contributed by atoms with Crippen molar-refractivity contribution in [2.45, 2.75) is 0 Å². The van der Waals surface area contributed by atoms with Gasteiger partial charge in [-0.15, -0.1) is 10.2 Å². The molecule has 0 radical (unpaired) electrons. The number of rotatable bonds is 6. The number of nitrogens with one attached hydrogen (secondary N) is 2. The highest BCUT2D eigenvalue weighted by atomic mass is 16.6. The monoisotopic (exact) mass is 382 g/mol. The number of phenolic OH excluding ortho intramolecular Hbond substituents is 1. The minimum atomic E-state index is -0.742. The lowest BCUT2D eigenvalue weighted by Crippen LogP contribution is -2.15. The molecule has 1 aromatic heterocycles. The molecule has 0 bridgehead atoms. The summed E-state index contributed by atoms with van der Waals surface area (Å²) >= 11 is 0. The first-order valence-electron chi connectivity index (χ1n) is 7.86. The molecule has 11 nitrogen and oxygen atoms in total. The molecule has 0 spiro atoms. The summed E-state index contributed by atoms with van der Waals surface area (Å²) in [6.45, 7) is 0. The smallest absolute Gasteiger partial charge is 0.315 e. The Hall–Kier alpha value is -4.28. The Balaban J connectivity index is 1.80. The minimum Gasteiger partial charge on any atom is -0.500 e. The molecule has 0 saturated carbocycles. The highest BCUT2D eigenvalue weighted by Crippen LogP contribution is 2.36. The van der Waals surface area contributed by atoms with E-state index in [0.29, 0.717) is 5.56 Å². The number of aromatic hydroxyl groups is 1. The van der Waals surface area contributed by atoms with Crippen LogP contribution in [0.1, 0.15) is 5.56 Å². The van der Waals surface area contributed by atoms with Gasteiger partial charge in [0, 0.05) is 17.2 Å². The Morgan fingerprint density at radius 2 is 2.04 bits per heavy atom. The van der Waals surface area contributed by atoms with Gasteiger partial charge in [-0.2, -0.15) is 5.10 Å². The van der Waals surface area contributed by atoms with E-state index >= 15 is 0 Å². The molecule has 0 unspecified atom stereocenters. The number of hydrazone groups is 1. The largest absolute Gasteiger partial charge is 0.500 e. The molecule has 3 aromatic rings. The third kappa shape index (κ3) is 3.93. The van der Waals surface area contributed by atoms with Crippen LogP contribution in [0, 0.1) is 10.1 Å². The number of hydrogen-bond donors (Lipinski definition) is 3. The lowest BCUT2D eigenvalue weighted by atomic mass is 10.2. The van der Waals surface area contributed by atoms with E-state index in [1.807, 2.05) is 6.07 Å². The van der Waals surface area contributed by atoms with Crippen LogP contribution in [-0.4, -0.2) is 38.5 Å². The average molecular weight is 382 g/mol. The molecular weight excluding hydrogens is 368 g/mol. The van der Waals surface area contributed by atoms with Gasteiger partial charge in [-0.1, -0.05) is 30.3 Å². The molecule has 3 N–H and O–H groups in total. The molecule has 28 heavy (non-hydrogen) atoms. The number of benzene rings is 2. The topological polar surface area (TPSA) is 156 Å². The molecule has 0 atom stereocenters. The maximum Gasteiger partial charge on any atom is 0.315 e. The van der Waals surface area contributed by atoms with Gasteiger partial charge < -0.3 is 9.84 Å². The summed E-state index contributed by atoms with van der Waals surface area (Å²) in [5.74, 6) is -0.665. The molecule has 1 heterocycles. The molecule has 0 amide bonds. The molecule has 142 valence electrons. The summed E-state index contributed by atoms with van der Waals surface area (Å²) in [6, 6.07) is 11.3. The number of anilines is 1. The fourth-order valence-corrected chi connectivity index (χ4v) is 2.32. The van der Waals surface area contributed by atoms with E-state index in [1.54, 1.807) is 24.3 Å². The number of aromatic amines is 1. The van der Waals surface area contributed by atoms with Gasteiger partial charge >= 0.3 is 5.69 Å². The Bertz CT molecular complexity index is 1100. The van der Waals surface area contributed by atoms with Crippen molar-refractivity contribution in [3.63, 3.8) is 0 Å².